The third-order valence-electron chi connectivity index (χ3n) is 2.88. The van der Waals surface area contributed by atoms with Crippen LogP contribution in [0.15, 0.2) is 28.7 Å². The molecule has 3 nitrogen and oxygen atoms in total. The van der Waals surface area contributed by atoms with E-state index in [1.807, 2.05) is 18.2 Å². The van der Waals surface area contributed by atoms with Crippen LogP contribution in [-0.2, 0) is 16.3 Å². The van der Waals surface area contributed by atoms with Gasteiger partial charge in [-0.15, -0.1) is 0 Å². The Morgan fingerprint density at radius 1 is 1.26 bits per heavy atom. The Morgan fingerprint density at radius 3 is 2.47 bits per heavy atom. The maximum Gasteiger partial charge on any atom is 0.148 e. The quantitative estimate of drug-likeness (QED) is 0.771. The highest BCUT2D eigenvalue weighted by molar-refractivity contribution is 9.10. The van der Waals surface area contributed by atoms with Gasteiger partial charge in [-0.2, -0.15) is 0 Å². The first-order valence-corrected chi connectivity index (χ1v) is 9.17. The molecule has 1 rings (SSSR count). The van der Waals surface area contributed by atoms with Crippen molar-refractivity contribution in [3.8, 4) is 0 Å². The number of hydrogen-bond donors (Lipinski definition) is 1. The van der Waals surface area contributed by atoms with Crippen molar-refractivity contribution in [2.24, 2.45) is 5.41 Å². The van der Waals surface area contributed by atoms with Gasteiger partial charge >= 0.3 is 0 Å². The molecule has 1 N–H and O–H groups in total. The Morgan fingerprint density at radius 2 is 1.89 bits per heavy atom. The first-order valence-electron chi connectivity index (χ1n) is 6.31. The number of rotatable bonds is 7. The highest BCUT2D eigenvalue weighted by atomic mass is 79.9. The molecule has 0 heterocycles. The van der Waals surface area contributed by atoms with Gasteiger partial charge in [0.05, 0.1) is 5.75 Å². The lowest BCUT2D eigenvalue weighted by atomic mass is 9.85. The topological polar surface area (TPSA) is 46.2 Å². The summed E-state index contributed by atoms with van der Waals surface area (Å²) >= 11 is 3.56. The number of benzene rings is 1. The summed E-state index contributed by atoms with van der Waals surface area (Å²) in [5.74, 6) is 0.193. The Labute approximate surface area is 124 Å². The molecule has 1 aromatic carbocycles. The second-order valence-corrected chi connectivity index (χ2v) is 8.85. The Balaban J connectivity index is 2.46. The van der Waals surface area contributed by atoms with Crippen LogP contribution in [0.5, 0.6) is 0 Å². The van der Waals surface area contributed by atoms with E-state index in [1.165, 1.54) is 11.8 Å². The minimum Gasteiger partial charge on any atom is -0.315 e. The highest BCUT2D eigenvalue weighted by Crippen LogP contribution is 2.25. The normalized spacial score (nSPS) is 12.6. The van der Waals surface area contributed by atoms with Gasteiger partial charge < -0.3 is 5.32 Å². The zero-order valence-corrected chi connectivity index (χ0v) is 14.1. The molecule has 5 heteroatoms. The van der Waals surface area contributed by atoms with Crippen LogP contribution in [0.3, 0.4) is 0 Å². The molecule has 0 bridgehead atoms. The van der Waals surface area contributed by atoms with Crippen LogP contribution < -0.4 is 5.32 Å². The van der Waals surface area contributed by atoms with Gasteiger partial charge in [-0.05, 0) is 23.5 Å². The molecule has 0 aromatic heterocycles. The van der Waals surface area contributed by atoms with E-state index in [1.54, 1.807) is 0 Å². The van der Waals surface area contributed by atoms with E-state index in [2.05, 4.69) is 41.2 Å². The van der Waals surface area contributed by atoms with Crippen LogP contribution in [0.4, 0.5) is 0 Å². The van der Waals surface area contributed by atoms with Crippen molar-refractivity contribution in [1.29, 1.82) is 0 Å². The van der Waals surface area contributed by atoms with Crippen molar-refractivity contribution in [3.63, 3.8) is 0 Å². The summed E-state index contributed by atoms with van der Waals surface area (Å²) in [5.41, 5.74) is 1.36. The average molecular weight is 348 g/mol. The van der Waals surface area contributed by atoms with E-state index < -0.39 is 9.84 Å². The van der Waals surface area contributed by atoms with Gasteiger partial charge in [-0.1, -0.05) is 48.0 Å². The van der Waals surface area contributed by atoms with Crippen LogP contribution >= 0.6 is 15.9 Å². The fraction of sp³-hybridized carbons (Fsp3) is 0.571. The molecule has 0 aliphatic heterocycles. The van der Waals surface area contributed by atoms with Crippen molar-refractivity contribution < 1.29 is 8.42 Å². The zero-order chi connectivity index (χ0) is 14.5. The maximum atomic E-state index is 11.0. The van der Waals surface area contributed by atoms with Crippen molar-refractivity contribution in [2.75, 3.05) is 25.1 Å². The van der Waals surface area contributed by atoms with Crippen molar-refractivity contribution in [3.05, 3.63) is 34.3 Å². The van der Waals surface area contributed by atoms with Crippen molar-refractivity contribution in [2.45, 2.75) is 20.3 Å². The summed E-state index contributed by atoms with van der Waals surface area (Å²) in [4.78, 5) is 0. The molecule has 108 valence electrons. The molecule has 0 saturated carbocycles. The van der Waals surface area contributed by atoms with Crippen LogP contribution in [0.1, 0.15) is 19.4 Å². The van der Waals surface area contributed by atoms with Gasteiger partial charge in [-0.25, -0.2) is 8.42 Å². The fourth-order valence-corrected chi connectivity index (χ4v) is 2.84. The van der Waals surface area contributed by atoms with E-state index in [-0.39, 0.29) is 11.2 Å². The third kappa shape index (κ3) is 7.09. The van der Waals surface area contributed by atoms with E-state index in [4.69, 9.17) is 0 Å². The molecule has 0 amide bonds. The second-order valence-electron chi connectivity index (χ2n) is 5.74. The number of hydrogen-bond acceptors (Lipinski definition) is 3. The van der Waals surface area contributed by atoms with Gasteiger partial charge in [0.15, 0.2) is 0 Å². The third-order valence-corrected chi connectivity index (χ3v) is 4.60. The SMILES string of the molecule is CC(C)(CNCCS(C)(=O)=O)Cc1ccccc1Br. The van der Waals surface area contributed by atoms with E-state index in [0.717, 1.165) is 17.4 Å². The largest absolute Gasteiger partial charge is 0.315 e. The first-order chi connectivity index (χ1) is 8.70. The van der Waals surface area contributed by atoms with Gasteiger partial charge in [0.1, 0.15) is 9.84 Å². The molecule has 1 aromatic rings. The average Bonchev–Trinajstić information content (AvgIpc) is 2.26. The Kier molecular flexibility index (Phi) is 6.02. The van der Waals surface area contributed by atoms with Crippen LogP contribution in [0.25, 0.3) is 0 Å². The number of sulfone groups is 1. The van der Waals surface area contributed by atoms with Gasteiger partial charge in [0, 0.05) is 23.8 Å². The summed E-state index contributed by atoms with van der Waals surface area (Å²) in [6.07, 6.45) is 2.21. The fourth-order valence-electron chi connectivity index (χ4n) is 1.90. The monoisotopic (exact) mass is 347 g/mol. The molecule has 0 saturated heterocycles. The number of halogens is 1. The molecule has 0 radical (unpaired) electrons. The van der Waals surface area contributed by atoms with Crippen molar-refractivity contribution >= 4 is 25.8 Å². The Bertz CT molecular complexity index is 512. The first kappa shape index (κ1) is 16.7. The summed E-state index contributed by atoms with van der Waals surface area (Å²) in [5, 5.41) is 3.23. The molecule has 0 atom stereocenters. The summed E-state index contributed by atoms with van der Waals surface area (Å²) in [6.45, 7) is 5.67. The Hall–Kier alpha value is -0.390. The van der Waals surface area contributed by atoms with E-state index >= 15 is 0 Å². The maximum absolute atomic E-state index is 11.0. The molecular weight excluding hydrogens is 326 g/mol. The highest BCUT2D eigenvalue weighted by Gasteiger charge is 2.19. The predicted octanol–water partition coefficient (Wildman–Crippen LogP) is 2.65. The molecular formula is C14H22BrNO2S. The molecule has 0 aliphatic carbocycles. The lowest BCUT2D eigenvalue weighted by Gasteiger charge is -2.25. The van der Waals surface area contributed by atoms with Gasteiger partial charge in [0.25, 0.3) is 0 Å². The number of nitrogens with one attached hydrogen (secondary N) is 1. The lowest BCUT2D eigenvalue weighted by molar-refractivity contribution is 0.341. The zero-order valence-electron chi connectivity index (χ0n) is 11.7. The summed E-state index contributed by atoms with van der Waals surface area (Å²) < 4.78 is 23.2. The second kappa shape index (κ2) is 6.86. The van der Waals surface area contributed by atoms with Crippen molar-refractivity contribution in [1.82, 2.24) is 5.32 Å². The van der Waals surface area contributed by atoms with E-state index in [9.17, 15) is 8.42 Å². The van der Waals surface area contributed by atoms with E-state index in [0.29, 0.717) is 6.54 Å². The molecule has 0 aliphatic rings. The van der Waals surface area contributed by atoms with Crippen LogP contribution in [0.2, 0.25) is 0 Å². The molecule has 0 fully saturated rings. The minimum atomic E-state index is -2.88. The molecule has 0 unspecified atom stereocenters. The molecule has 0 spiro atoms. The summed E-state index contributed by atoms with van der Waals surface area (Å²) in [7, 11) is -2.88. The van der Waals surface area contributed by atoms with Crippen LogP contribution in [0, 0.1) is 5.41 Å². The predicted molar refractivity (Wildman–Crippen MR) is 84.2 cm³/mol. The van der Waals surface area contributed by atoms with Crippen LogP contribution in [-0.4, -0.2) is 33.5 Å². The lowest BCUT2D eigenvalue weighted by Crippen LogP contribution is -2.34. The smallest absolute Gasteiger partial charge is 0.148 e. The minimum absolute atomic E-state index is 0.0847. The standard InChI is InChI=1S/C14H22BrNO2S/c1-14(2,11-16-8-9-19(3,17)18)10-12-6-4-5-7-13(12)15/h4-7,16H,8-11H2,1-3H3. The molecule has 19 heavy (non-hydrogen) atoms. The van der Waals surface area contributed by atoms with Gasteiger partial charge in [-0.3, -0.25) is 0 Å². The van der Waals surface area contributed by atoms with Gasteiger partial charge in [0.2, 0.25) is 0 Å². The summed E-state index contributed by atoms with van der Waals surface area (Å²) in [6, 6.07) is 8.20.